The van der Waals surface area contributed by atoms with Gasteiger partial charge in [0.05, 0.1) is 0 Å². The summed E-state index contributed by atoms with van der Waals surface area (Å²) in [5.74, 6) is 0.818. The van der Waals surface area contributed by atoms with E-state index in [0.29, 0.717) is 19.3 Å². The van der Waals surface area contributed by atoms with Crippen molar-refractivity contribution in [1.82, 2.24) is 0 Å². The average Bonchev–Trinajstić information content (AvgIpc) is 3.29. The summed E-state index contributed by atoms with van der Waals surface area (Å²) in [6.45, 7) is 11.4. The van der Waals surface area contributed by atoms with E-state index in [1.807, 2.05) is 0 Å². The molecular formula is C60H116O6. The van der Waals surface area contributed by atoms with Crippen molar-refractivity contribution in [3.8, 4) is 0 Å². The molecule has 0 aliphatic rings. The first-order valence-electron chi connectivity index (χ1n) is 29.7. The van der Waals surface area contributed by atoms with Crippen LogP contribution in [0.1, 0.15) is 336 Å². The molecule has 0 radical (unpaired) electrons. The smallest absolute Gasteiger partial charge is 0.306 e. The SMILES string of the molecule is CCCCCCCCCCCCCCCCCCCCCC(=O)OC[C@H](COC(=O)CCCCCCCCCCCCC(C)C)OC(=O)CCCCCCCCCCCCCCCC(C)C. The molecule has 0 aromatic rings. The van der Waals surface area contributed by atoms with Gasteiger partial charge in [-0.2, -0.15) is 0 Å². The third-order valence-corrected chi connectivity index (χ3v) is 13.7. The molecule has 6 nitrogen and oxygen atoms in total. The van der Waals surface area contributed by atoms with Crippen molar-refractivity contribution in [3.63, 3.8) is 0 Å². The molecule has 0 aromatic carbocycles. The van der Waals surface area contributed by atoms with Gasteiger partial charge in [-0.1, -0.05) is 298 Å². The molecule has 0 aromatic heterocycles. The summed E-state index contributed by atoms with van der Waals surface area (Å²) in [6.07, 6.45) is 56.7. The van der Waals surface area contributed by atoms with Crippen molar-refractivity contribution in [3.05, 3.63) is 0 Å². The summed E-state index contributed by atoms with van der Waals surface area (Å²) in [6, 6.07) is 0. The Bertz CT molecular complexity index is 1010. The summed E-state index contributed by atoms with van der Waals surface area (Å²) in [5, 5.41) is 0. The molecule has 0 rings (SSSR count). The van der Waals surface area contributed by atoms with Gasteiger partial charge in [0.25, 0.3) is 0 Å². The van der Waals surface area contributed by atoms with Gasteiger partial charge < -0.3 is 14.2 Å². The maximum absolute atomic E-state index is 12.9. The Morgan fingerprint density at radius 3 is 0.742 bits per heavy atom. The van der Waals surface area contributed by atoms with Crippen LogP contribution in [0, 0.1) is 11.8 Å². The lowest BCUT2D eigenvalue weighted by molar-refractivity contribution is -0.167. The zero-order valence-corrected chi connectivity index (χ0v) is 45.3. The fraction of sp³-hybridized carbons (Fsp3) is 0.950. The predicted molar refractivity (Wildman–Crippen MR) is 284 cm³/mol. The largest absolute Gasteiger partial charge is 0.462 e. The highest BCUT2D eigenvalue weighted by atomic mass is 16.6. The van der Waals surface area contributed by atoms with Crippen LogP contribution in [-0.4, -0.2) is 37.2 Å². The zero-order chi connectivity index (χ0) is 48.2. The van der Waals surface area contributed by atoms with E-state index in [-0.39, 0.29) is 31.1 Å². The fourth-order valence-corrected chi connectivity index (χ4v) is 9.23. The average molecular weight is 934 g/mol. The maximum Gasteiger partial charge on any atom is 0.306 e. The molecule has 0 aliphatic heterocycles. The van der Waals surface area contributed by atoms with E-state index in [1.165, 1.54) is 225 Å². The van der Waals surface area contributed by atoms with Gasteiger partial charge in [-0.05, 0) is 31.1 Å². The quantitative estimate of drug-likeness (QED) is 0.0343. The lowest BCUT2D eigenvalue weighted by Gasteiger charge is -2.18. The fourth-order valence-electron chi connectivity index (χ4n) is 9.23. The first-order valence-corrected chi connectivity index (χ1v) is 29.7. The van der Waals surface area contributed by atoms with Gasteiger partial charge in [0.15, 0.2) is 6.10 Å². The number of rotatable bonds is 54. The van der Waals surface area contributed by atoms with Crippen LogP contribution in [0.5, 0.6) is 0 Å². The molecule has 1 atom stereocenters. The molecule has 0 spiro atoms. The molecule has 0 bridgehead atoms. The van der Waals surface area contributed by atoms with Crippen LogP contribution in [0.3, 0.4) is 0 Å². The minimum Gasteiger partial charge on any atom is -0.462 e. The molecule has 392 valence electrons. The molecule has 66 heavy (non-hydrogen) atoms. The molecule has 0 saturated heterocycles. The Morgan fingerprint density at radius 2 is 0.500 bits per heavy atom. The lowest BCUT2D eigenvalue weighted by atomic mass is 10.0. The Labute approximate surface area is 412 Å². The molecule has 0 unspecified atom stereocenters. The highest BCUT2D eigenvalue weighted by molar-refractivity contribution is 5.71. The van der Waals surface area contributed by atoms with Gasteiger partial charge in [0.1, 0.15) is 13.2 Å². The van der Waals surface area contributed by atoms with Crippen molar-refractivity contribution in [2.45, 2.75) is 343 Å². The van der Waals surface area contributed by atoms with Crippen molar-refractivity contribution in [2.75, 3.05) is 13.2 Å². The van der Waals surface area contributed by atoms with Crippen LogP contribution >= 0.6 is 0 Å². The van der Waals surface area contributed by atoms with Gasteiger partial charge in [0.2, 0.25) is 0 Å². The number of hydrogen-bond acceptors (Lipinski definition) is 6. The third kappa shape index (κ3) is 53.4. The first-order chi connectivity index (χ1) is 32.2. The first kappa shape index (κ1) is 64.4. The Balaban J connectivity index is 4.27. The minimum absolute atomic E-state index is 0.0627. The van der Waals surface area contributed by atoms with Crippen molar-refractivity contribution in [2.24, 2.45) is 11.8 Å². The number of esters is 3. The number of ether oxygens (including phenoxy) is 3. The highest BCUT2D eigenvalue weighted by Gasteiger charge is 2.19. The molecule has 0 N–H and O–H groups in total. The molecule has 6 heteroatoms. The van der Waals surface area contributed by atoms with E-state index in [4.69, 9.17) is 14.2 Å². The Hall–Kier alpha value is -1.59. The molecule has 0 amide bonds. The number of unbranched alkanes of at least 4 members (excludes halogenated alkanes) is 39. The second kappa shape index (κ2) is 52.8. The summed E-state index contributed by atoms with van der Waals surface area (Å²) < 4.78 is 16.9. The van der Waals surface area contributed by atoms with Crippen molar-refractivity contribution < 1.29 is 28.6 Å². The summed E-state index contributed by atoms with van der Waals surface area (Å²) in [4.78, 5) is 38.2. The zero-order valence-electron chi connectivity index (χ0n) is 45.3. The number of hydrogen-bond donors (Lipinski definition) is 0. The van der Waals surface area contributed by atoms with E-state index < -0.39 is 6.10 Å². The minimum atomic E-state index is -0.763. The number of carbonyl (C=O) groups excluding carboxylic acids is 3. The Kier molecular flexibility index (Phi) is 51.5. The van der Waals surface area contributed by atoms with Crippen molar-refractivity contribution >= 4 is 17.9 Å². The topological polar surface area (TPSA) is 78.9 Å². The predicted octanol–water partition coefficient (Wildman–Crippen LogP) is 19.7. The van der Waals surface area contributed by atoms with Gasteiger partial charge in [-0.15, -0.1) is 0 Å². The maximum atomic E-state index is 12.9. The molecular weight excluding hydrogens is 817 g/mol. The highest BCUT2D eigenvalue weighted by Crippen LogP contribution is 2.18. The van der Waals surface area contributed by atoms with Gasteiger partial charge >= 0.3 is 17.9 Å². The normalized spacial score (nSPS) is 12.0. The standard InChI is InChI=1S/C60H116O6/c1-6-7-8-9-10-11-12-13-14-15-16-17-18-21-24-30-35-40-45-50-58(61)64-53-57(54-65-59(62)51-46-41-36-31-27-26-29-34-39-44-49-56(4)5)66-60(63)52-47-42-37-32-25-22-19-20-23-28-33-38-43-48-55(2)3/h55-57H,6-54H2,1-5H3/t57-/m1/s1. The lowest BCUT2D eigenvalue weighted by Crippen LogP contribution is -2.30. The Morgan fingerprint density at radius 1 is 0.288 bits per heavy atom. The van der Waals surface area contributed by atoms with Gasteiger partial charge in [-0.3, -0.25) is 14.4 Å². The van der Waals surface area contributed by atoms with Crippen molar-refractivity contribution in [1.29, 1.82) is 0 Å². The second-order valence-corrected chi connectivity index (χ2v) is 21.6. The van der Waals surface area contributed by atoms with E-state index in [1.54, 1.807) is 0 Å². The molecule has 0 heterocycles. The van der Waals surface area contributed by atoms with E-state index in [0.717, 1.165) is 69.6 Å². The van der Waals surface area contributed by atoms with Gasteiger partial charge in [-0.25, -0.2) is 0 Å². The van der Waals surface area contributed by atoms with E-state index in [9.17, 15) is 14.4 Å². The van der Waals surface area contributed by atoms with E-state index in [2.05, 4.69) is 34.6 Å². The van der Waals surface area contributed by atoms with E-state index >= 15 is 0 Å². The summed E-state index contributed by atoms with van der Waals surface area (Å²) in [7, 11) is 0. The van der Waals surface area contributed by atoms with Crippen LogP contribution in [0.4, 0.5) is 0 Å². The van der Waals surface area contributed by atoms with Gasteiger partial charge in [0, 0.05) is 19.3 Å². The second-order valence-electron chi connectivity index (χ2n) is 21.6. The van der Waals surface area contributed by atoms with Crippen LogP contribution < -0.4 is 0 Å². The third-order valence-electron chi connectivity index (χ3n) is 13.7. The monoisotopic (exact) mass is 933 g/mol. The summed E-state index contributed by atoms with van der Waals surface area (Å²) in [5.41, 5.74) is 0. The van der Waals surface area contributed by atoms with Crippen LogP contribution in [0.2, 0.25) is 0 Å². The summed E-state index contributed by atoms with van der Waals surface area (Å²) >= 11 is 0. The molecule has 0 fully saturated rings. The van der Waals surface area contributed by atoms with Crippen LogP contribution in [0.25, 0.3) is 0 Å². The molecule has 0 aliphatic carbocycles. The van der Waals surface area contributed by atoms with Crippen LogP contribution in [0.15, 0.2) is 0 Å². The number of carbonyl (C=O) groups is 3. The molecule has 0 saturated carbocycles. The van der Waals surface area contributed by atoms with Crippen LogP contribution in [-0.2, 0) is 28.6 Å².